The Morgan fingerprint density at radius 3 is 2.90 bits per heavy atom. The molecule has 0 atom stereocenters. The Morgan fingerprint density at radius 2 is 2.25 bits per heavy atom. The number of nitrogen functional groups attached to an aromatic ring is 1. The minimum absolute atomic E-state index is 0.349. The van der Waals surface area contributed by atoms with Gasteiger partial charge in [0.25, 0.3) is 0 Å². The first-order valence-electron chi connectivity index (χ1n) is 7.09. The Morgan fingerprint density at radius 1 is 1.45 bits per heavy atom. The fourth-order valence-corrected chi connectivity index (χ4v) is 1.86. The van der Waals surface area contributed by atoms with Gasteiger partial charge in [-0.15, -0.1) is 0 Å². The molecule has 0 aliphatic heterocycles. The highest BCUT2D eigenvalue weighted by Crippen LogP contribution is 2.28. The number of carbonyl (C=O) groups is 1. The quantitative estimate of drug-likeness (QED) is 0.433. The van der Waals surface area contributed by atoms with E-state index in [4.69, 9.17) is 15.2 Å². The van der Waals surface area contributed by atoms with Gasteiger partial charge in [-0.05, 0) is 43.9 Å². The third kappa shape index (κ3) is 4.42. The molecule has 0 spiro atoms. The zero-order valence-electron chi connectivity index (χ0n) is 11.9. The molecule has 3 N–H and O–H groups in total. The molecule has 1 aromatic carbocycles. The highest BCUT2D eigenvalue weighted by Gasteiger charge is 2.20. The van der Waals surface area contributed by atoms with Gasteiger partial charge in [0.15, 0.2) is 0 Å². The summed E-state index contributed by atoms with van der Waals surface area (Å²) in [5.41, 5.74) is 7.74. The molecule has 1 saturated carbocycles. The summed E-state index contributed by atoms with van der Waals surface area (Å²) in [7, 11) is 0. The lowest BCUT2D eigenvalue weighted by molar-refractivity contribution is 0.0526. The highest BCUT2D eigenvalue weighted by molar-refractivity contribution is 5.91. The van der Waals surface area contributed by atoms with Crippen LogP contribution in [-0.4, -0.2) is 32.3 Å². The smallest absolute Gasteiger partial charge is 0.338 e. The van der Waals surface area contributed by atoms with Gasteiger partial charge >= 0.3 is 5.97 Å². The van der Waals surface area contributed by atoms with Gasteiger partial charge in [0, 0.05) is 13.2 Å². The molecule has 5 nitrogen and oxygen atoms in total. The standard InChI is InChI=1S/C15H22N2O3/c1-2-20-15(18)12-5-6-14(13(16)9-12)17-7-8-19-10-11-3-4-11/h5-6,9,11,17H,2-4,7-8,10,16H2,1H3. The summed E-state index contributed by atoms with van der Waals surface area (Å²) in [6.45, 7) is 4.36. The third-order valence-electron chi connectivity index (χ3n) is 3.18. The van der Waals surface area contributed by atoms with Crippen LogP contribution in [0, 0.1) is 5.92 Å². The topological polar surface area (TPSA) is 73.6 Å². The van der Waals surface area contributed by atoms with Crippen LogP contribution in [0.15, 0.2) is 18.2 Å². The number of hydrogen-bond acceptors (Lipinski definition) is 5. The van der Waals surface area contributed by atoms with E-state index < -0.39 is 0 Å². The maximum atomic E-state index is 11.6. The minimum atomic E-state index is -0.349. The lowest BCUT2D eigenvalue weighted by Crippen LogP contribution is -2.12. The maximum Gasteiger partial charge on any atom is 0.338 e. The summed E-state index contributed by atoms with van der Waals surface area (Å²) < 4.78 is 10.5. The van der Waals surface area contributed by atoms with Crippen molar-refractivity contribution in [1.82, 2.24) is 0 Å². The van der Waals surface area contributed by atoms with Crippen molar-refractivity contribution in [2.45, 2.75) is 19.8 Å². The van der Waals surface area contributed by atoms with Crippen LogP contribution in [0.3, 0.4) is 0 Å². The third-order valence-corrected chi connectivity index (χ3v) is 3.18. The summed E-state index contributed by atoms with van der Waals surface area (Å²) in [6, 6.07) is 5.13. The first-order valence-corrected chi connectivity index (χ1v) is 7.09. The van der Waals surface area contributed by atoms with Gasteiger partial charge in [-0.3, -0.25) is 0 Å². The number of rotatable bonds is 8. The van der Waals surface area contributed by atoms with Gasteiger partial charge in [-0.2, -0.15) is 0 Å². The van der Waals surface area contributed by atoms with Crippen molar-refractivity contribution >= 4 is 17.3 Å². The van der Waals surface area contributed by atoms with Crippen molar-refractivity contribution < 1.29 is 14.3 Å². The zero-order chi connectivity index (χ0) is 14.4. The lowest BCUT2D eigenvalue weighted by atomic mass is 10.1. The van der Waals surface area contributed by atoms with Crippen LogP contribution < -0.4 is 11.1 Å². The molecule has 5 heteroatoms. The molecule has 1 aliphatic rings. The number of benzene rings is 1. The van der Waals surface area contributed by atoms with Crippen LogP contribution in [0.5, 0.6) is 0 Å². The Hall–Kier alpha value is -1.75. The highest BCUT2D eigenvalue weighted by atomic mass is 16.5. The van der Waals surface area contributed by atoms with E-state index in [2.05, 4.69) is 5.32 Å². The molecule has 1 fully saturated rings. The van der Waals surface area contributed by atoms with E-state index in [0.717, 1.165) is 18.2 Å². The Bertz CT molecular complexity index is 458. The Labute approximate surface area is 119 Å². The van der Waals surface area contributed by atoms with Gasteiger partial charge in [0.2, 0.25) is 0 Å². The van der Waals surface area contributed by atoms with Gasteiger partial charge < -0.3 is 20.5 Å². The van der Waals surface area contributed by atoms with Crippen molar-refractivity contribution in [3.63, 3.8) is 0 Å². The lowest BCUT2D eigenvalue weighted by Gasteiger charge is -2.11. The number of carbonyl (C=O) groups excluding carboxylic acids is 1. The minimum Gasteiger partial charge on any atom is -0.462 e. The molecule has 110 valence electrons. The predicted molar refractivity (Wildman–Crippen MR) is 78.8 cm³/mol. The van der Waals surface area contributed by atoms with Gasteiger partial charge in [-0.1, -0.05) is 0 Å². The molecule has 1 aliphatic carbocycles. The molecule has 0 amide bonds. The molecule has 0 heterocycles. The van der Waals surface area contributed by atoms with Gasteiger partial charge in [0.05, 0.1) is 30.2 Å². The zero-order valence-corrected chi connectivity index (χ0v) is 11.9. The number of nitrogens with two attached hydrogens (primary N) is 1. The summed E-state index contributed by atoms with van der Waals surface area (Å²) in [6.07, 6.45) is 2.60. The number of ether oxygens (including phenoxy) is 2. The molecule has 0 unspecified atom stereocenters. The SMILES string of the molecule is CCOC(=O)c1ccc(NCCOCC2CC2)c(N)c1. The van der Waals surface area contributed by atoms with E-state index in [-0.39, 0.29) is 5.97 Å². The first kappa shape index (κ1) is 14.7. The van der Waals surface area contributed by atoms with E-state index in [0.29, 0.717) is 31.0 Å². The van der Waals surface area contributed by atoms with Crippen molar-refractivity contribution in [2.24, 2.45) is 5.92 Å². The molecule has 2 rings (SSSR count). The van der Waals surface area contributed by atoms with Crippen molar-refractivity contribution in [3.05, 3.63) is 23.8 Å². The normalized spacial score (nSPS) is 14.1. The number of nitrogens with one attached hydrogen (secondary N) is 1. The number of esters is 1. The Balaban J connectivity index is 1.77. The van der Waals surface area contributed by atoms with E-state index in [1.165, 1.54) is 12.8 Å². The average Bonchev–Trinajstić information content (AvgIpc) is 3.24. The molecule has 20 heavy (non-hydrogen) atoms. The molecule has 1 aromatic rings. The van der Waals surface area contributed by atoms with Crippen molar-refractivity contribution in [2.75, 3.05) is 37.4 Å². The summed E-state index contributed by atoms with van der Waals surface area (Å²) >= 11 is 0. The number of anilines is 2. The molecule has 0 bridgehead atoms. The van der Waals surface area contributed by atoms with Crippen LogP contribution in [0.1, 0.15) is 30.1 Å². The maximum absolute atomic E-state index is 11.6. The molecule has 0 aromatic heterocycles. The van der Waals surface area contributed by atoms with Gasteiger partial charge in [-0.25, -0.2) is 4.79 Å². The van der Waals surface area contributed by atoms with Crippen LogP contribution in [-0.2, 0) is 9.47 Å². The van der Waals surface area contributed by atoms with Gasteiger partial charge in [0.1, 0.15) is 0 Å². The average molecular weight is 278 g/mol. The van der Waals surface area contributed by atoms with E-state index >= 15 is 0 Å². The van der Waals surface area contributed by atoms with E-state index in [1.807, 2.05) is 0 Å². The fraction of sp³-hybridized carbons (Fsp3) is 0.533. The molecular weight excluding hydrogens is 256 g/mol. The van der Waals surface area contributed by atoms with Crippen LogP contribution >= 0.6 is 0 Å². The monoisotopic (exact) mass is 278 g/mol. The van der Waals surface area contributed by atoms with E-state index in [1.54, 1.807) is 25.1 Å². The second-order valence-corrected chi connectivity index (χ2v) is 4.97. The molecule has 0 radical (unpaired) electrons. The predicted octanol–water partition coefficient (Wildman–Crippen LogP) is 2.28. The van der Waals surface area contributed by atoms with Crippen molar-refractivity contribution in [3.8, 4) is 0 Å². The molecule has 0 saturated heterocycles. The largest absolute Gasteiger partial charge is 0.462 e. The van der Waals surface area contributed by atoms with E-state index in [9.17, 15) is 4.79 Å². The van der Waals surface area contributed by atoms with Crippen LogP contribution in [0.2, 0.25) is 0 Å². The summed E-state index contributed by atoms with van der Waals surface area (Å²) in [4.78, 5) is 11.6. The Kier molecular flexibility index (Phi) is 5.24. The summed E-state index contributed by atoms with van der Waals surface area (Å²) in [5, 5.41) is 3.20. The fourth-order valence-electron chi connectivity index (χ4n) is 1.86. The second-order valence-electron chi connectivity index (χ2n) is 4.97. The second kappa shape index (κ2) is 7.14. The van der Waals surface area contributed by atoms with Crippen LogP contribution in [0.25, 0.3) is 0 Å². The van der Waals surface area contributed by atoms with Crippen LogP contribution in [0.4, 0.5) is 11.4 Å². The number of hydrogen-bond donors (Lipinski definition) is 2. The summed E-state index contributed by atoms with van der Waals surface area (Å²) in [5.74, 6) is 0.433. The van der Waals surface area contributed by atoms with Crippen molar-refractivity contribution in [1.29, 1.82) is 0 Å². The molecular formula is C15H22N2O3. The first-order chi connectivity index (χ1) is 9.70.